The molecule has 2 heterocycles. The van der Waals surface area contributed by atoms with Crippen molar-refractivity contribution in [2.45, 2.75) is 13.1 Å². The summed E-state index contributed by atoms with van der Waals surface area (Å²) in [5.41, 5.74) is 3.57. The SMILES string of the molecule is Cn1ncc(CNCc2ccccc2N2CCOCC2)n1. The van der Waals surface area contributed by atoms with Crippen LogP contribution in [0.3, 0.4) is 0 Å². The Morgan fingerprint density at radius 1 is 1.19 bits per heavy atom. The van der Waals surface area contributed by atoms with Crippen LogP contribution in [-0.2, 0) is 24.9 Å². The number of hydrogen-bond donors (Lipinski definition) is 1. The van der Waals surface area contributed by atoms with Crippen LogP contribution in [0.1, 0.15) is 11.3 Å². The Labute approximate surface area is 124 Å². The summed E-state index contributed by atoms with van der Waals surface area (Å²) in [4.78, 5) is 3.97. The van der Waals surface area contributed by atoms with Crippen LogP contribution in [0.15, 0.2) is 30.5 Å². The zero-order chi connectivity index (χ0) is 14.5. The first-order chi connectivity index (χ1) is 10.3. The van der Waals surface area contributed by atoms with Gasteiger partial charge in [0.2, 0.25) is 0 Å². The van der Waals surface area contributed by atoms with Crippen LogP contribution >= 0.6 is 0 Å². The normalized spacial score (nSPS) is 15.4. The third-order valence-electron chi connectivity index (χ3n) is 3.61. The second kappa shape index (κ2) is 6.69. The van der Waals surface area contributed by atoms with Crippen LogP contribution in [0.5, 0.6) is 0 Å². The molecule has 1 fully saturated rings. The quantitative estimate of drug-likeness (QED) is 0.887. The number of aromatic nitrogens is 3. The third kappa shape index (κ3) is 3.59. The van der Waals surface area contributed by atoms with E-state index in [1.54, 1.807) is 11.0 Å². The zero-order valence-corrected chi connectivity index (χ0v) is 12.3. The molecule has 1 N–H and O–H groups in total. The number of morpholine rings is 1. The molecular weight excluding hydrogens is 266 g/mol. The Bertz CT molecular complexity index is 577. The van der Waals surface area contributed by atoms with E-state index in [2.05, 4.69) is 44.7 Å². The standard InChI is InChI=1S/C15H21N5O/c1-19-17-12-14(18-19)11-16-10-13-4-2-3-5-15(13)20-6-8-21-9-7-20/h2-5,12,16H,6-11H2,1H3. The average Bonchev–Trinajstić information content (AvgIpc) is 2.94. The molecule has 0 radical (unpaired) electrons. The van der Waals surface area contributed by atoms with Crippen molar-refractivity contribution in [1.82, 2.24) is 20.3 Å². The molecule has 0 saturated carbocycles. The molecule has 0 bridgehead atoms. The summed E-state index contributed by atoms with van der Waals surface area (Å²) in [6, 6.07) is 8.54. The van der Waals surface area contributed by atoms with Crippen molar-refractivity contribution in [3.05, 3.63) is 41.7 Å². The van der Waals surface area contributed by atoms with Gasteiger partial charge in [0, 0.05) is 38.9 Å². The Morgan fingerprint density at radius 3 is 2.76 bits per heavy atom. The largest absolute Gasteiger partial charge is 0.378 e. The van der Waals surface area contributed by atoms with E-state index in [1.165, 1.54) is 11.3 Å². The van der Waals surface area contributed by atoms with Crippen LogP contribution in [0.2, 0.25) is 0 Å². The van der Waals surface area contributed by atoms with Crippen molar-refractivity contribution in [2.24, 2.45) is 7.05 Å². The minimum atomic E-state index is 0.727. The molecule has 1 aromatic carbocycles. The minimum absolute atomic E-state index is 0.727. The lowest BCUT2D eigenvalue weighted by molar-refractivity contribution is 0.122. The van der Waals surface area contributed by atoms with Crippen LogP contribution in [-0.4, -0.2) is 41.3 Å². The summed E-state index contributed by atoms with van der Waals surface area (Å²) in [5, 5.41) is 11.8. The van der Waals surface area contributed by atoms with E-state index in [-0.39, 0.29) is 0 Å². The molecular formula is C15H21N5O. The predicted molar refractivity (Wildman–Crippen MR) is 81.0 cm³/mol. The maximum Gasteiger partial charge on any atom is 0.0964 e. The summed E-state index contributed by atoms with van der Waals surface area (Å²) < 4.78 is 5.43. The molecule has 1 saturated heterocycles. The van der Waals surface area contributed by atoms with Gasteiger partial charge in [-0.2, -0.15) is 15.0 Å². The van der Waals surface area contributed by atoms with E-state index in [4.69, 9.17) is 4.74 Å². The molecule has 0 amide bonds. The number of aryl methyl sites for hydroxylation is 1. The first kappa shape index (κ1) is 14.0. The van der Waals surface area contributed by atoms with Crippen molar-refractivity contribution >= 4 is 5.69 Å². The van der Waals surface area contributed by atoms with Gasteiger partial charge in [-0.05, 0) is 11.6 Å². The molecule has 0 spiro atoms. The lowest BCUT2D eigenvalue weighted by Crippen LogP contribution is -2.37. The highest BCUT2D eigenvalue weighted by Gasteiger charge is 2.14. The van der Waals surface area contributed by atoms with E-state index in [0.717, 1.165) is 45.1 Å². The Hall–Kier alpha value is -1.92. The maximum atomic E-state index is 5.43. The van der Waals surface area contributed by atoms with Gasteiger partial charge < -0.3 is 15.0 Å². The van der Waals surface area contributed by atoms with Gasteiger partial charge in [-0.3, -0.25) is 0 Å². The number of nitrogens with one attached hydrogen (secondary N) is 1. The molecule has 0 atom stereocenters. The van der Waals surface area contributed by atoms with Crippen molar-refractivity contribution < 1.29 is 4.74 Å². The topological polar surface area (TPSA) is 55.2 Å². The Kier molecular flexibility index (Phi) is 4.47. The maximum absolute atomic E-state index is 5.43. The summed E-state index contributed by atoms with van der Waals surface area (Å²) >= 11 is 0. The molecule has 6 nitrogen and oxygen atoms in total. The molecule has 21 heavy (non-hydrogen) atoms. The summed E-state index contributed by atoms with van der Waals surface area (Å²) in [6.07, 6.45) is 1.79. The van der Waals surface area contributed by atoms with E-state index >= 15 is 0 Å². The molecule has 112 valence electrons. The lowest BCUT2D eigenvalue weighted by atomic mass is 10.1. The predicted octanol–water partition coefficient (Wildman–Crippen LogP) is 0.941. The van der Waals surface area contributed by atoms with Gasteiger partial charge in [-0.1, -0.05) is 18.2 Å². The number of ether oxygens (including phenoxy) is 1. The highest BCUT2D eigenvalue weighted by molar-refractivity contribution is 5.53. The fourth-order valence-corrected chi connectivity index (χ4v) is 2.57. The van der Waals surface area contributed by atoms with Crippen molar-refractivity contribution in [3.8, 4) is 0 Å². The van der Waals surface area contributed by atoms with Crippen LogP contribution in [0.25, 0.3) is 0 Å². The number of anilines is 1. The van der Waals surface area contributed by atoms with E-state index in [0.29, 0.717) is 0 Å². The van der Waals surface area contributed by atoms with Crippen molar-refractivity contribution in [3.63, 3.8) is 0 Å². The Balaban J connectivity index is 1.62. The van der Waals surface area contributed by atoms with Crippen LogP contribution in [0, 0.1) is 0 Å². The van der Waals surface area contributed by atoms with Crippen molar-refractivity contribution in [1.29, 1.82) is 0 Å². The number of benzene rings is 1. The second-order valence-corrected chi connectivity index (χ2v) is 5.16. The smallest absolute Gasteiger partial charge is 0.0964 e. The Morgan fingerprint density at radius 2 is 2.00 bits per heavy atom. The summed E-state index contributed by atoms with van der Waals surface area (Å²) in [5.74, 6) is 0. The third-order valence-corrected chi connectivity index (χ3v) is 3.61. The molecule has 2 aromatic rings. The zero-order valence-electron chi connectivity index (χ0n) is 12.3. The van der Waals surface area contributed by atoms with Gasteiger partial charge in [-0.15, -0.1) is 0 Å². The number of hydrogen-bond acceptors (Lipinski definition) is 5. The first-order valence-corrected chi connectivity index (χ1v) is 7.29. The van der Waals surface area contributed by atoms with E-state index in [9.17, 15) is 0 Å². The highest BCUT2D eigenvalue weighted by Crippen LogP contribution is 2.21. The molecule has 1 aliphatic rings. The minimum Gasteiger partial charge on any atom is -0.378 e. The van der Waals surface area contributed by atoms with Gasteiger partial charge in [0.25, 0.3) is 0 Å². The molecule has 3 rings (SSSR count). The van der Waals surface area contributed by atoms with Crippen molar-refractivity contribution in [2.75, 3.05) is 31.2 Å². The van der Waals surface area contributed by atoms with Crippen LogP contribution < -0.4 is 10.2 Å². The molecule has 6 heteroatoms. The van der Waals surface area contributed by atoms with Crippen LogP contribution in [0.4, 0.5) is 5.69 Å². The monoisotopic (exact) mass is 287 g/mol. The first-order valence-electron chi connectivity index (χ1n) is 7.29. The van der Waals surface area contributed by atoms with Gasteiger partial charge in [0.15, 0.2) is 0 Å². The summed E-state index contributed by atoms with van der Waals surface area (Å²) in [7, 11) is 1.83. The van der Waals surface area contributed by atoms with E-state index in [1.807, 2.05) is 7.05 Å². The van der Waals surface area contributed by atoms with Gasteiger partial charge in [-0.25, -0.2) is 0 Å². The molecule has 1 aromatic heterocycles. The fraction of sp³-hybridized carbons (Fsp3) is 0.467. The molecule has 1 aliphatic heterocycles. The number of para-hydroxylation sites is 1. The molecule has 0 aliphatic carbocycles. The van der Waals surface area contributed by atoms with Gasteiger partial charge >= 0.3 is 0 Å². The van der Waals surface area contributed by atoms with E-state index < -0.39 is 0 Å². The fourth-order valence-electron chi connectivity index (χ4n) is 2.57. The van der Waals surface area contributed by atoms with Gasteiger partial charge in [0.05, 0.1) is 25.1 Å². The van der Waals surface area contributed by atoms with Gasteiger partial charge in [0.1, 0.15) is 0 Å². The highest BCUT2D eigenvalue weighted by atomic mass is 16.5. The molecule has 0 unspecified atom stereocenters. The lowest BCUT2D eigenvalue weighted by Gasteiger charge is -2.30. The summed E-state index contributed by atoms with van der Waals surface area (Å²) in [6.45, 7) is 5.08. The number of nitrogens with zero attached hydrogens (tertiary/aromatic N) is 4. The number of rotatable bonds is 5. The second-order valence-electron chi connectivity index (χ2n) is 5.16. The average molecular weight is 287 g/mol.